The van der Waals surface area contributed by atoms with E-state index in [1.54, 1.807) is 42.2 Å². The van der Waals surface area contributed by atoms with Crippen LogP contribution >= 0.6 is 0 Å². The van der Waals surface area contributed by atoms with E-state index in [0.29, 0.717) is 28.2 Å². The number of anilines is 2. The van der Waals surface area contributed by atoms with Gasteiger partial charge in [0.25, 0.3) is 0 Å². The number of hydrogen-bond donors (Lipinski definition) is 0. The summed E-state index contributed by atoms with van der Waals surface area (Å²) in [6, 6.07) is 19.8. The summed E-state index contributed by atoms with van der Waals surface area (Å²) in [5.41, 5.74) is 5.82. The van der Waals surface area contributed by atoms with E-state index in [0.717, 1.165) is 17.7 Å². The molecule has 4 rings (SSSR count). The summed E-state index contributed by atoms with van der Waals surface area (Å²) in [7, 11) is 0. The van der Waals surface area contributed by atoms with Crippen LogP contribution in [0.4, 0.5) is 24.5 Å². The molecule has 0 bridgehead atoms. The summed E-state index contributed by atoms with van der Waals surface area (Å²) >= 11 is 0. The Morgan fingerprint density at radius 3 is 2.48 bits per heavy atom. The molecule has 0 spiro atoms. The highest BCUT2D eigenvalue weighted by atomic mass is 19.4. The molecule has 0 unspecified atom stereocenters. The second-order valence-electron chi connectivity index (χ2n) is 6.88. The quantitative estimate of drug-likeness (QED) is 0.347. The van der Waals surface area contributed by atoms with Crippen LogP contribution in [0.2, 0.25) is 0 Å². The summed E-state index contributed by atoms with van der Waals surface area (Å²) in [5, 5.41) is 0. The van der Waals surface area contributed by atoms with E-state index >= 15 is 0 Å². The van der Waals surface area contributed by atoms with Gasteiger partial charge < -0.3 is 9.64 Å². The average molecular weight is 421 g/mol. The molecule has 1 aliphatic heterocycles. The van der Waals surface area contributed by atoms with Gasteiger partial charge in [-0.15, -0.1) is 0 Å². The second-order valence-corrected chi connectivity index (χ2v) is 6.88. The Kier molecular flexibility index (Phi) is 5.40. The number of benzene rings is 3. The Labute approximate surface area is 177 Å². The van der Waals surface area contributed by atoms with E-state index in [1.807, 2.05) is 30.3 Å². The van der Waals surface area contributed by atoms with Crippen molar-refractivity contribution in [1.29, 1.82) is 0 Å². The first kappa shape index (κ1) is 20.5. The average Bonchev–Trinajstić information content (AvgIpc) is 2.78. The third-order valence-electron chi connectivity index (χ3n) is 4.85. The predicted molar refractivity (Wildman–Crippen MR) is 114 cm³/mol. The van der Waals surface area contributed by atoms with Crippen molar-refractivity contribution in [3.05, 3.63) is 101 Å². The van der Waals surface area contributed by atoms with Gasteiger partial charge in [-0.3, -0.25) is 0 Å². The third-order valence-corrected chi connectivity index (χ3v) is 4.85. The maximum atomic E-state index is 13.2. The van der Waals surface area contributed by atoms with Gasteiger partial charge in [0.05, 0.1) is 29.1 Å². The normalized spacial score (nSPS) is 12.9. The van der Waals surface area contributed by atoms with Crippen molar-refractivity contribution in [2.24, 2.45) is 0 Å². The summed E-state index contributed by atoms with van der Waals surface area (Å²) in [4.78, 5) is 14.0. The molecule has 0 radical (unpaired) electrons. The van der Waals surface area contributed by atoms with Crippen LogP contribution in [0.3, 0.4) is 0 Å². The van der Waals surface area contributed by atoms with Gasteiger partial charge in [0, 0.05) is 16.8 Å². The van der Waals surface area contributed by atoms with Gasteiger partial charge in [-0.05, 0) is 49.4 Å². The minimum atomic E-state index is -4.44. The molecule has 6 heteroatoms. The monoisotopic (exact) mass is 421 g/mol. The van der Waals surface area contributed by atoms with E-state index in [2.05, 4.69) is 5.73 Å². The van der Waals surface area contributed by atoms with Crippen molar-refractivity contribution in [2.45, 2.75) is 13.1 Å². The molecule has 3 aromatic rings. The smallest absolute Gasteiger partial charge is 0.416 e. The number of carbonyl (C=O) groups excluding carboxylic acids is 1. The third kappa shape index (κ3) is 4.11. The highest BCUT2D eigenvalue weighted by molar-refractivity contribution is 5.97. The zero-order chi connectivity index (χ0) is 22.0. The van der Waals surface area contributed by atoms with Crippen molar-refractivity contribution in [2.75, 3.05) is 11.5 Å². The molecule has 156 valence electrons. The molecule has 0 aliphatic carbocycles. The van der Waals surface area contributed by atoms with Gasteiger partial charge in [0.2, 0.25) is 0 Å². The number of halogens is 3. The zero-order valence-electron chi connectivity index (χ0n) is 16.6. The van der Waals surface area contributed by atoms with Crippen LogP contribution in [-0.2, 0) is 10.9 Å². The number of rotatable bonds is 4. The van der Waals surface area contributed by atoms with Crippen molar-refractivity contribution in [3.8, 4) is 0 Å². The summed E-state index contributed by atoms with van der Waals surface area (Å²) in [6.45, 7) is 1.97. The van der Waals surface area contributed by atoms with Gasteiger partial charge in [0.1, 0.15) is 0 Å². The molecule has 3 nitrogen and oxygen atoms in total. The number of fused-ring (bicyclic) bond motifs is 1. The Bertz CT molecular complexity index is 1190. The molecular formula is C25H18F3NO2. The highest BCUT2D eigenvalue weighted by Crippen LogP contribution is 2.42. The van der Waals surface area contributed by atoms with Crippen LogP contribution in [0.25, 0.3) is 11.8 Å². The maximum absolute atomic E-state index is 13.2. The summed E-state index contributed by atoms with van der Waals surface area (Å²) in [5.74, 6) is -0.463. The van der Waals surface area contributed by atoms with Crippen LogP contribution in [0.1, 0.15) is 34.0 Å². The van der Waals surface area contributed by atoms with Crippen LogP contribution in [0.5, 0.6) is 0 Å². The first-order valence-corrected chi connectivity index (χ1v) is 9.69. The molecule has 0 aromatic heterocycles. The molecule has 0 fully saturated rings. The SMILES string of the molecule is CCOC(=O)c1cccc(N2C(c3ccccc3)=C=Cc3cc(C(F)(F)F)ccc32)c1. The van der Waals surface area contributed by atoms with Crippen LogP contribution in [0, 0.1) is 0 Å². The Morgan fingerprint density at radius 2 is 1.77 bits per heavy atom. The van der Waals surface area contributed by atoms with E-state index in [-0.39, 0.29) is 6.61 Å². The predicted octanol–water partition coefficient (Wildman–Crippen LogP) is 6.69. The molecule has 31 heavy (non-hydrogen) atoms. The van der Waals surface area contributed by atoms with Crippen LogP contribution in [-0.4, -0.2) is 12.6 Å². The van der Waals surface area contributed by atoms with Crippen LogP contribution in [0.15, 0.2) is 78.5 Å². The number of hydrogen-bond acceptors (Lipinski definition) is 3. The van der Waals surface area contributed by atoms with Crippen LogP contribution < -0.4 is 4.90 Å². The molecule has 0 atom stereocenters. The van der Waals surface area contributed by atoms with Gasteiger partial charge in [-0.1, -0.05) is 42.1 Å². The number of ether oxygens (including phenoxy) is 1. The first-order chi connectivity index (χ1) is 14.9. The Hall–Kier alpha value is -3.76. The fourth-order valence-electron chi connectivity index (χ4n) is 3.44. The number of nitrogens with zero attached hydrogens (tertiary/aromatic N) is 1. The number of carbonyl (C=O) groups is 1. The topological polar surface area (TPSA) is 29.5 Å². The molecule has 0 amide bonds. The standard InChI is InChI=1S/C25H18F3NO2/c1-2-31-24(30)19-9-6-10-21(16-19)29-22(17-7-4-3-5-8-17)13-11-18-15-20(25(26,27)28)12-14-23(18)29/h3-12,14-16H,2H2,1H3. The van der Waals surface area contributed by atoms with Crippen molar-refractivity contribution in [1.82, 2.24) is 0 Å². The first-order valence-electron chi connectivity index (χ1n) is 9.69. The fraction of sp³-hybridized carbons (Fsp3) is 0.120. The molecule has 1 aliphatic rings. The van der Waals surface area contributed by atoms with E-state index in [1.165, 1.54) is 6.07 Å². The maximum Gasteiger partial charge on any atom is 0.416 e. The molecular weight excluding hydrogens is 403 g/mol. The van der Waals surface area contributed by atoms with Gasteiger partial charge >= 0.3 is 12.1 Å². The summed E-state index contributed by atoms with van der Waals surface area (Å²) < 4.78 is 44.8. The van der Waals surface area contributed by atoms with Gasteiger partial charge in [-0.25, -0.2) is 4.79 Å². The lowest BCUT2D eigenvalue weighted by atomic mass is 10.00. The Balaban J connectivity index is 1.89. The lowest BCUT2D eigenvalue weighted by molar-refractivity contribution is -0.137. The minimum absolute atomic E-state index is 0.244. The van der Waals surface area contributed by atoms with Gasteiger partial charge in [-0.2, -0.15) is 13.2 Å². The van der Waals surface area contributed by atoms with E-state index in [9.17, 15) is 18.0 Å². The molecule has 1 heterocycles. The minimum Gasteiger partial charge on any atom is -0.462 e. The van der Waals surface area contributed by atoms with Crippen molar-refractivity contribution in [3.63, 3.8) is 0 Å². The van der Waals surface area contributed by atoms with Crippen molar-refractivity contribution >= 4 is 29.1 Å². The summed E-state index contributed by atoms with van der Waals surface area (Å²) in [6.07, 6.45) is -2.89. The molecule has 3 aromatic carbocycles. The van der Waals surface area contributed by atoms with Gasteiger partial charge in [0.15, 0.2) is 0 Å². The second kappa shape index (κ2) is 8.17. The van der Waals surface area contributed by atoms with Crippen molar-refractivity contribution < 1.29 is 22.7 Å². The number of alkyl halides is 3. The molecule has 0 saturated carbocycles. The molecule has 0 N–H and O–H groups in total. The zero-order valence-corrected chi connectivity index (χ0v) is 16.6. The Morgan fingerprint density at radius 1 is 1.00 bits per heavy atom. The highest BCUT2D eigenvalue weighted by Gasteiger charge is 2.32. The lowest BCUT2D eigenvalue weighted by Gasteiger charge is -2.30. The largest absolute Gasteiger partial charge is 0.462 e. The lowest BCUT2D eigenvalue weighted by Crippen LogP contribution is -2.19. The fourth-order valence-corrected chi connectivity index (χ4v) is 3.44. The number of esters is 1. The molecule has 0 saturated heterocycles. The van der Waals surface area contributed by atoms with E-state index < -0.39 is 17.7 Å². The van der Waals surface area contributed by atoms with E-state index in [4.69, 9.17) is 4.74 Å².